The van der Waals surface area contributed by atoms with Gasteiger partial charge >= 0.3 is 0 Å². The molecule has 0 aromatic heterocycles. The maximum atomic E-state index is 12.2. The highest BCUT2D eigenvalue weighted by atomic mass is 16.6. The summed E-state index contributed by atoms with van der Waals surface area (Å²) in [5.41, 5.74) is 1.10. The van der Waals surface area contributed by atoms with Gasteiger partial charge in [-0.25, -0.2) is 0 Å². The van der Waals surface area contributed by atoms with Crippen molar-refractivity contribution in [2.75, 3.05) is 5.32 Å². The zero-order chi connectivity index (χ0) is 18.4. The van der Waals surface area contributed by atoms with Crippen LogP contribution in [0.25, 0.3) is 0 Å². The van der Waals surface area contributed by atoms with Gasteiger partial charge in [-0.1, -0.05) is 36.4 Å². The van der Waals surface area contributed by atoms with Crippen molar-refractivity contribution < 1.29 is 14.5 Å². The minimum atomic E-state index is -0.500. The Morgan fingerprint density at radius 1 is 0.923 bits per heavy atom. The van der Waals surface area contributed by atoms with Gasteiger partial charge in [0.15, 0.2) is 0 Å². The van der Waals surface area contributed by atoms with Gasteiger partial charge < -0.3 is 10.1 Å². The number of nitro benzene ring substituents is 1. The topological polar surface area (TPSA) is 81.5 Å². The Hall–Kier alpha value is -3.67. The number of ether oxygens (including phenoxy) is 1. The van der Waals surface area contributed by atoms with E-state index in [1.807, 2.05) is 48.5 Å². The first-order chi connectivity index (χ1) is 12.6. The molecular weight excluding hydrogens is 332 g/mol. The zero-order valence-corrected chi connectivity index (χ0v) is 13.8. The molecule has 0 aliphatic rings. The van der Waals surface area contributed by atoms with Crippen LogP contribution in [0.1, 0.15) is 5.56 Å². The molecule has 1 amide bonds. The molecule has 3 aromatic rings. The monoisotopic (exact) mass is 348 g/mol. The lowest BCUT2D eigenvalue weighted by Gasteiger charge is -2.08. The largest absolute Gasteiger partial charge is 0.457 e. The highest BCUT2D eigenvalue weighted by molar-refractivity contribution is 5.92. The fourth-order valence-electron chi connectivity index (χ4n) is 2.43. The van der Waals surface area contributed by atoms with Gasteiger partial charge in [-0.15, -0.1) is 0 Å². The van der Waals surface area contributed by atoms with E-state index in [0.717, 1.165) is 5.56 Å². The summed E-state index contributed by atoms with van der Waals surface area (Å²) in [5, 5.41) is 13.5. The fourth-order valence-corrected chi connectivity index (χ4v) is 2.43. The lowest BCUT2D eigenvalue weighted by atomic mass is 10.1. The van der Waals surface area contributed by atoms with Crippen LogP contribution in [0.15, 0.2) is 78.9 Å². The molecule has 3 aromatic carbocycles. The van der Waals surface area contributed by atoms with Crippen molar-refractivity contribution in [2.45, 2.75) is 6.42 Å². The maximum Gasteiger partial charge on any atom is 0.271 e. The third-order valence-electron chi connectivity index (χ3n) is 3.58. The molecule has 0 radical (unpaired) electrons. The summed E-state index contributed by atoms with van der Waals surface area (Å²) in [5.74, 6) is 1.09. The van der Waals surface area contributed by atoms with Crippen molar-refractivity contribution in [3.8, 4) is 11.5 Å². The highest BCUT2D eigenvalue weighted by Crippen LogP contribution is 2.22. The standard InChI is InChI=1S/C20H16N2O4/c23-20(21-16-7-5-8-17(14-16)22(24)25)13-15-6-4-11-19(12-15)26-18-9-2-1-3-10-18/h1-12,14H,13H2,(H,21,23). The van der Waals surface area contributed by atoms with E-state index in [4.69, 9.17) is 4.74 Å². The molecule has 6 heteroatoms. The van der Waals surface area contributed by atoms with E-state index >= 15 is 0 Å². The third-order valence-corrected chi connectivity index (χ3v) is 3.58. The molecule has 0 heterocycles. The number of amides is 1. The second-order valence-electron chi connectivity index (χ2n) is 5.59. The Morgan fingerprint density at radius 2 is 1.65 bits per heavy atom. The molecular formula is C20H16N2O4. The number of nitrogens with zero attached hydrogens (tertiary/aromatic N) is 1. The Morgan fingerprint density at radius 3 is 2.42 bits per heavy atom. The summed E-state index contributed by atoms with van der Waals surface area (Å²) in [6.45, 7) is 0. The summed E-state index contributed by atoms with van der Waals surface area (Å²) >= 11 is 0. The van der Waals surface area contributed by atoms with E-state index in [1.54, 1.807) is 12.1 Å². The van der Waals surface area contributed by atoms with Gasteiger partial charge in [-0.05, 0) is 35.9 Å². The molecule has 0 saturated heterocycles. The summed E-state index contributed by atoms with van der Waals surface area (Å²) in [6.07, 6.45) is 0.134. The average molecular weight is 348 g/mol. The van der Waals surface area contributed by atoms with E-state index < -0.39 is 4.92 Å². The smallest absolute Gasteiger partial charge is 0.271 e. The second kappa shape index (κ2) is 7.94. The number of nitro groups is 1. The molecule has 130 valence electrons. The molecule has 0 atom stereocenters. The predicted molar refractivity (Wildman–Crippen MR) is 98.4 cm³/mol. The molecule has 0 saturated carbocycles. The van der Waals surface area contributed by atoms with Gasteiger partial charge in [-0.2, -0.15) is 0 Å². The number of hydrogen-bond donors (Lipinski definition) is 1. The van der Waals surface area contributed by atoms with Crippen molar-refractivity contribution in [1.82, 2.24) is 0 Å². The van der Waals surface area contributed by atoms with E-state index in [9.17, 15) is 14.9 Å². The number of carbonyl (C=O) groups is 1. The molecule has 0 aliphatic heterocycles. The van der Waals surface area contributed by atoms with Crippen LogP contribution in [0, 0.1) is 10.1 Å². The number of para-hydroxylation sites is 1. The molecule has 0 aliphatic carbocycles. The molecule has 26 heavy (non-hydrogen) atoms. The van der Waals surface area contributed by atoms with Gasteiger partial charge in [0.2, 0.25) is 5.91 Å². The van der Waals surface area contributed by atoms with E-state index in [-0.39, 0.29) is 18.0 Å². The molecule has 3 rings (SSSR count). The number of benzene rings is 3. The van der Waals surface area contributed by atoms with Gasteiger partial charge in [0.05, 0.1) is 11.3 Å². The van der Waals surface area contributed by atoms with Crippen molar-refractivity contribution in [3.05, 3.63) is 94.5 Å². The van der Waals surface area contributed by atoms with Crippen LogP contribution in [0.3, 0.4) is 0 Å². The first-order valence-electron chi connectivity index (χ1n) is 7.96. The van der Waals surface area contributed by atoms with Crippen LogP contribution in [0.2, 0.25) is 0 Å². The van der Waals surface area contributed by atoms with Crippen molar-refractivity contribution in [1.29, 1.82) is 0 Å². The van der Waals surface area contributed by atoms with Crippen molar-refractivity contribution in [2.24, 2.45) is 0 Å². The Bertz CT molecular complexity index is 926. The second-order valence-corrected chi connectivity index (χ2v) is 5.59. The van der Waals surface area contributed by atoms with Crippen LogP contribution in [-0.4, -0.2) is 10.8 Å². The summed E-state index contributed by atoms with van der Waals surface area (Å²) < 4.78 is 5.75. The molecule has 0 unspecified atom stereocenters. The molecule has 6 nitrogen and oxygen atoms in total. The highest BCUT2D eigenvalue weighted by Gasteiger charge is 2.09. The first-order valence-corrected chi connectivity index (χ1v) is 7.96. The van der Waals surface area contributed by atoms with E-state index in [0.29, 0.717) is 17.2 Å². The minimum absolute atomic E-state index is 0.0685. The number of anilines is 1. The molecule has 0 spiro atoms. The molecule has 0 bridgehead atoms. The minimum Gasteiger partial charge on any atom is -0.457 e. The van der Waals surface area contributed by atoms with Crippen molar-refractivity contribution in [3.63, 3.8) is 0 Å². The van der Waals surface area contributed by atoms with Gasteiger partial charge in [-0.3, -0.25) is 14.9 Å². The van der Waals surface area contributed by atoms with Crippen LogP contribution in [0.4, 0.5) is 11.4 Å². The number of hydrogen-bond acceptors (Lipinski definition) is 4. The summed E-state index contributed by atoms with van der Waals surface area (Å²) in [7, 11) is 0. The third kappa shape index (κ3) is 4.67. The van der Waals surface area contributed by atoms with E-state index in [2.05, 4.69) is 5.32 Å². The molecule has 0 fully saturated rings. The lowest BCUT2D eigenvalue weighted by Crippen LogP contribution is -2.14. The van der Waals surface area contributed by atoms with Gasteiger partial charge in [0, 0.05) is 17.8 Å². The Labute approximate surface area is 150 Å². The maximum absolute atomic E-state index is 12.2. The van der Waals surface area contributed by atoms with Crippen LogP contribution in [-0.2, 0) is 11.2 Å². The van der Waals surface area contributed by atoms with Gasteiger partial charge in [0.1, 0.15) is 11.5 Å². The van der Waals surface area contributed by atoms with Crippen LogP contribution >= 0.6 is 0 Å². The van der Waals surface area contributed by atoms with E-state index in [1.165, 1.54) is 18.2 Å². The number of rotatable bonds is 6. The quantitative estimate of drug-likeness (QED) is 0.523. The SMILES string of the molecule is O=C(Cc1cccc(Oc2ccccc2)c1)Nc1cccc([N+](=O)[O-])c1. The van der Waals surface area contributed by atoms with Crippen molar-refractivity contribution >= 4 is 17.3 Å². The molecule has 1 N–H and O–H groups in total. The predicted octanol–water partition coefficient (Wildman–Crippen LogP) is 4.57. The Kier molecular flexibility index (Phi) is 5.24. The zero-order valence-electron chi connectivity index (χ0n) is 13.8. The lowest BCUT2D eigenvalue weighted by molar-refractivity contribution is -0.384. The average Bonchev–Trinajstić information content (AvgIpc) is 2.63. The normalized spacial score (nSPS) is 10.2. The fraction of sp³-hybridized carbons (Fsp3) is 0.0500. The summed E-state index contributed by atoms with van der Waals surface area (Å²) in [6, 6.07) is 22.4. The van der Waals surface area contributed by atoms with Gasteiger partial charge in [0.25, 0.3) is 5.69 Å². The van der Waals surface area contributed by atoms with Crippen LogP contribution < -0.4 is 10.1 Å². The van der Waals surface area contributed by atoms with Crippen LogP contribution in [0.5, 0.6) is 11.5 Å². The Balaban J connectivity index is 1.65. The number of non-ortho nitro benzene ring substituents is 1. The summed E-state index contributed by atoms with van der Waals surface area (Å²) in [4.78, 5) is 22.5. The first kappa shape index (κ1) is 17.2. The number of carbonyl (C=O) groups excluding carboxylic acids is 1. The number of nitrogens with one attached hydrogen (secondary N) is 1.